The minimum absolute atomic E-state index is 0.154. The maximum absolute atomic E-state index is 12.9. The molecule has 0 radical (unpaired) electrons. The zero-order valence-electron chi connectivity index (χ0n) is 17.2. The van der Waals surface area contributed by atoms with E-state index in [4.69, 9.17) is 0 Å². The van der Waals surface area contributed by atoms with Gasteiger partial charge in [0.25, 0.3) is 0 Å². The van der Waals surface area contributed by atoms with Gasteiger partial charge in [0.15, 0.2) is 0 Å². The van der Waals surface area contributed by atoms with Crippen molar-refractivity contribution in [3.63, 3.8) is 0 Å². The van der Waals surface area contributed by atoms with E-state index in [2.05, 4.69) is 15.3 Å². The fourth-order valence-corrected chi connectivity index (χ4v) is 5.37. The molecule has 31 heavy (non-hydrogen) atoms. The van der Waals surface area contributed by atoms with Gasteiger partial charge in [-0.2, -0.15) is 4.31 Å². The van der Waals surface area contributed by atoms with Crippen LogP contribution in [0.15, 0.2) is 52.2 Å². The highest BCUT2D eigenvalue weighted by molar-refractivity contribution is 7.89. The smallest absolute Gasteiger partial charge is 0.323 e. The number of H-pyrrole nitrogens is 2. The van der Waals surface area contributed by atoms with Gasteiger partial charge < -0.3 is 15.3 Å². The maximum Gasteiger partial charge on any atom is 0.323 e. The lowest BCUT2D eigenvalue weighted by Crippen LogP contribution is -2.31. The van der Waals surface area contributed by atoms with E-state index >= 15 is 0 Å². The summed E-state index contributed by atoms with van der Waals surface area (Å²) in [6, 6.07) is 12.0. The van der Waals surface area contributed by atoms with Crippen LogP contribution in [0.4, 0.5) is 5.69 Å². The molecule has 0 atom stereocenters. The van der Waals surface area contributed by atoms with Crippen LogP contribution in [0.25, 0.3) is 11.0 Å². The summed E-state index contributed by atoms with van der Waals surface area (Å²) in [5.41, 5.74) is 2.52. The Morgan fingerprint density at radius 2 is 1.61 bits per heavy atom. The van der Waals surface area contributed by atoms with Crippen molar-refractivity contribution >= 4 is 32.7 Å². The van der Waals surface area contributed by atoms with Crippen molar-refractivity contribution in [1.82, 2.24) is 14.3 Å². The molecule has 1 fully saturated rings. The molecule has 0 unspecified atom stereocenters. The Kier molecular flexibility index (Phi) is 6.24. The molecule has 0 saturated carbocycles. The largest absolute Gasteiger partial charge is 0.326 e. The first-order valence-electron chi connectivity index (χ1n) is 10.5. The van der Waals surface area contributed by atoms with E-state index in [1.54, 1.807) is 46.8 Å². The van der Waals surface area contributed by atoms with Crippen LogP contribution < -0.4 is 11.0 Å². The quantitative estimate of drug-likeness (QED) is 0.544. The van der Waals surface area contributed by atoms with E-state index in [0.717, 1.165) is 31.2 Å². The van der Waals surface area contributed by atoms with Crippen LogP contribution in [0.1, 0.15) is 37.7 Å². The second-order valence-corrected chi connectivity index (χ2v) is 9.79. The van der Waals surface area contributed by atoms with Crippen LogP contribution in [0.2, 0.25) is 0 Å². The molecule has 164 valence electrons. The first-order valence-corrected chi connectivity index (χ1v) is 12.0. The topological polar surface area (TPSA) is 115 Å². The number of anilines is 1. The molecule has 1 aliphatic rings. The number of hydrogen-bond acceptors (Lipinski definition) is 4. The Hall–Kier alpha value is -2.91. The normalized spacial score (nSPS) is 15.6. The van der Waals surface area contributed by atoms with Crippen molar-refractivity contribution in [3.8, 4) is 0 Å². The number of hydrogen-bond donors (Lipinski definition) is 3. The van der Waals surface area contributed by atoms with Crippen LogP contribution in [0, 0.1) is 0 Å². The lowest BCUT2D eigenvalue weighted by Gasteiger charge is -2.20. The summed E-state index contributed by atoms with van der Waals surface area (Å²) in [7, 11) is -3.46. The minimum atomic E-state index is -3.46. The zero-order valence-corrected chi connectivity index (χ0v) is 18.0. The molecular weight excluding hydrogens is 416 g/mol. The van der Waals surface area contributed by atoms with Crippen LogP contribution in [-0.2, 0) is 21.2 Å². The first-order chi connectivity index (χ1) is 14.9. The SMILES string of the molecule is O=C(CCc1ccc(S(=O)(=O)N2CCCCCC2)cc1)Nc1ccc2[nH]c(=O)[nH]c2c1. The van der Waals surface area contributed by atoms with Crippen LogP contribution >= 0.6 is 0 Å². The first kappa shape index (κ1) is 21.3. The summed E-state index contributed by atoms with van der Waals surface area (Å²) in [6.07, 6.45) is 4.71. The minimum Gasteiger partial charge on any atom is -0.326 e. The molecule has 8 nitrogen and oxygen atoms in total. The molecular formula is C22H26N4O4S. The summed E-state index contributed by atoms with van der Waals surface area (Å²) in [5, 5.41) is 2.82. The molecule has 0 spiro atoms. The number of carbonyl (C=O) groups excluding carboxylic acids is 1. The highest BCUT2D eigenvalue weighted by Gasteiger charge is 2.24. The monoisotopic (exact) mass is 442 g/mol. The fraction of sp³-hybridized carbons (Fsp3) is 0.364. The van der Waals surface area contributed by atoms with Crippen LogP contribution in [0.5, 0.6) is 0 Å². The van der Waals surface area contributed by atoms with Crippen molar-refractivity contribution in [3.05, 3.63) is 58.5 Å². The van der Waals surface area contributed by atoms with Crippen molar-refractivity contribution < 1.29 is 13.2 Å². The average Bonchev–Trinajstić information content (AvgIpc) is 2.93. The van der Waals surface area contributed by atoms with E-state index in [0.29, 0.717) is 41.1 Å². The van der Waals surface area contributed by atoms with Gasteiger partial charge in [0, 0.05) is 25.2 Å². The Bertz CT molecular complexity index is 1220. The number of aryl methyl sites for hydroxylation is 1. The number of sulfonamides is 1. The third kappa shape index (κ3) is 5.05. The van der Waals surface area contributed by atoms with Crippen molar-refractivity contribution in [2.75, 3.05) is 18.4 Å². The molecule has 0 bridgehead atoms. The fourth-order valence-electron chi connectivity index (χ4n) is 3.85. The van der Waals surface area contributed by atoms with Gasteiger partial charge in [0.05, 0.1) is 15.9 Å². The van der Waals surface area contributed by atoms with Crippen LogP contribution in [-0.4, -0.2) is 41.7 Å². The van der Waals surface area contributed by atoms with E-state index in [1.165, 1.54) is 0 Å². The van der Waals surface area contributed by atoms with Crippen molar-refractivity contribution in [2.24, 2.45) is 0 Å². The molecule has 9 heteroatoms. The second kappa shape index (κ2) is 9.07. The number of amides is 1. The lowest BCUT2D eigenvalue weighted by atomic mass is 10.1. The van der Waals surface area contributed by atoms with Gasteiger partial charge in [-0.05, 0) is 55.2 Å². The molecule has 1 aliphatic heterocycles. The molecule has 3 aromatic rings. The number of nitrogens with one attached hydrogen (secondary N) is 3. The third-order valence-corrected chi connectivity index (χ3v) is 7.48. The lowest BCUT2D eigenvalue weighted by molar-refractivity contribution is -0.116. The van der Waals surface area contributed by atoms with E-state index in [1.807, 2.05) is 0 Å². The molecule has 1 amide bonds. The number of benzene rings is 2. The van der Waals surface area contributed by atoms with Gasteiger partial charge in [-0.1, -0.05) is 25.0 Å². The highest BCUT2D eigenvalue weighted by atomic mass is 32.2. The predicted molar refractivity (Wildman–Crippen MR) is 120 cm³/mol. The average molecular weight is 443 g/mol. The number of aromatic amines is 2. The molecule has 4 rings (SSSR count). The third-order valence-electron chi connectivity index (χ3n) is 5.57. The summed E-state index contributed by atoms with van der Waals surface area (Å²) in [6.45, 7) is 1.15. The second-order valence-electron chi connectivity index (χ2n) is 7.85. The number of fused-ring (bicyclic) bond motifs is 1. The van der Waals surface area contributed by atoms with E-state index in [9.17, 15) is 18.0 Å². The zero-order chi connectivity index (χ0) is 21.8. The number of nitrogens with zero attached hydrogens (tertiary/aromatic N) is 1. The van der Waals surface area contributed by atoms with Crippen LogP contribution in [0.3, 0.4) is 0 Å². The summed E-state index contributed by atoms with van der Waals surface area (Å²) < 4.78 is 27.3. The molecule has 2 aromatic carbocycles. The summed E-state index contributed by atoms with van der Waals surface area (Å²) in [5.74, 6) is -0.154. The van der Waals surface area contributed by atoms with Gasteiger partial charge in [0.2, 0.25) is 15.9 Å². The van der Waals surface area contributed by atoms with Gasteiger partial charge in [-0.15, -0.1) is 0 Å². The standard InChI is InChI=1S/C22H26N4O4S/c27-21(23-17-8-11-19-20(15-17)25-22(28)24-19)12-7-16-5-9-18(10-6-16)31(29,30)26-13-3-1-2-4-14-26/h5-6,8-11,15H,1-4,7,12-14H2,(H,23,27)(H2,24,25,28). The maximum atomic E-state index is 12.9. The number of aromatic nitrogens is 2. The Morgan fingerprint density at radius 3 is 2.32 bits per heavy atom. The van der Waals surface area contributed by atoms with Gasteiger partial charge in [-0.3, -0.25) is 4.79 Å². The molecule has 3 N–H and O–H groups in total. The van der Waals surface area contributed by atoms with Gasteiger partial charge in [0.1, 0.15) is 0 Å². The summed E-state index contributed by atoms with van der Waals surface area (Å²) >= 11 is 0. The van der Waals surface area contributed by atoms with Crippen molar-refractivity contribution in [1.29, 1.82) is 0 Å². The molecule has 0 aliphatic carbocycles. The highest BCUT2D eigenvalue weighted by Crippen LogP contribution is 2.21. The van der Waals surface area contributed by atoms with E-state index < -0.39 is 10.0 Å². The van der Waals surface area contributed by atoms with Gasteiger partial charge in [-0.25, -0.2) is 13.2 Å². The van der Waals surface area contributed by atoms with E-state index in [-0.39, 0.29) is 18.0 Å². The Morgan fingerprint density at radius 1 is 0.935 bits per heavy atom. The number of carbonyl (C=O) groups is 1. The predicted octanol–water partition coefficient (Wildman–Crippen LogP) is 2.99. The molecule has 1 aromatic heterocycles. The molecule has 1 saturated heterocycles. The number of imidazole rings is 1. The van der Waals surface area contributed by atoms with Crippen molar-refractivity contribution in [2.45, 2.75) is 43.4 Å². The molecule has 2 heterocycles. The Balaban J connectivity index is 1.35. The Labute approximate surface area is 180 Å². The summed E-state index contributed by atoms with van der Waals surface area (Å²) in [4.78, 5) is 29.2. The van der Waals surface area contributed by atoms with Gasteiger partial charge >= 0.3 is 5.69 Å². The number of rotatable bonds is 6.